The van der Waals surface area contributed by atoms with Crippen LogP contribution in [0.1, 0.15) is 11.1 Å². The molecule has 2 heterocycles. The van der Waals surface area contributed by atoms with Crippen LogP contribution in [0.3, 0.4) is 0 Å². The number of nitrogens with zero attached hydrogens (tertiary/aromatic N) is 3. The topological polar surface area (TPSA) is 70.4 Å². The summed E-state index contributed by atoms with van der Waals surface area (Å²) in [6.45, 7) is 5.82. The quantitative estimate of drug-likeness (QED) is 0.835. The third-order valence-electron chi connectivity index (χ3n) is 4.04. The van der Waals surface area contributed by atoms with Crippen molar-refractivity contribution < 1.29 is 9.47 Å². The number of morpholine rings is 1. The van der Waals surface area contributed by atoms with Crippen molar-refractivity contribution in [2.24, 2.45) is 0 Å². The second-order valence-electron chi connectivity index (χ2n) is 5.85. The van der Waals surface area contributed by atoms with E-state index in [1.807, 2.05) is 24.3 Å². The molecule has 3 rings (SSSR count). The SMILES string of the molecule is N#Cc1ccc(NCc2cccc(OCCN3CCOCC3)c2)nc1. The average Bonchev–Trinajstić information content (AvgIpc) is 2.68. The van der Waals surface area contributed by atoms with Crippen molar-refractivity contribution in [1.82, 2.24) is 9.88 Å². The Morgan fingerprint density at radius 1 is 1.24 bits per heavy atom. The first kappa shape index (κ1) is 17.2. The molecule has 2 aromatic rings. The first-order valence-corrected chi connectivity index (χ1v) is 8.45. The summed E-state index contributed by atoms with van der Waals surface area (Å²) in [5.74, 6) is 1.62. The van der Waals surface area contributed by atoms with Crippen LogP contribution >= 0.6 is 0 Å². The Morgan fingerprint density at radius 3 is 2.88 bits per heavy atom. The maximum absolute atomic E-state index is 8.79. The minimum absolute atomic E-state index is 0.557. The number of pyridine rings is 1. The molecule has 6 nitrogen and oxygen atoms in total. The van der Waals surface area contributed by atoms with Gasteiger partial charge in [-0.15, -0.1) is 0 Å². The van der Waals surface area contributed by atoms with Crippen molar-refractivity contribution in [3.63, 3.8) is 0 Å². The highest BCUT2D eigenvalue weighted by molar-refractivity contribution is 5.40. The van der Waals surface area contributed by atoms with Crippen LogP contribution in [0.5, 0.6) is 5.75 Å². The van der Waals surface area contributed by atoms with Crippen LogP contribution in [-0.2, 0) is 11.3 Å². The van der Waals surface area contributed by atoms with E-state index in [2.05, 4.69) is 21.3 Å². The Bertz CT molecular complexity index is 706. The molecule has 130 valence electrons. The van der Waals surface area contributed by atoms with E-state index in [-0.39, 0.29) is 0 Å². The molecular formula is C19H22N4O2. The van der Waals surface area contributed by atoms with Crippen molar-refractivity contribution >= 4 is 5.82 Å². The van der Waals surface area contributed by atoms with E-state index in [9.17, 15) is 0 Å². The van der Waals surface area contributed by atoms with E-state index >= 15 is 0 Å². The first-order valence-electron chi connectivity index (χ1n) is 8.45. The number of anilines is 1. The van der Waals surface area contributed by atoms with Crippen LogP contribution < -0.4 is 10.1 Å². The number of ether oxygens (including phenoxy) is 2. The molecule has 1 aliphatic heterocycles. The lowest BCUT2D eigenvalue weighted by molar-refractivity contribution is 0.0322. The van der Waals surface area contributed by atoms with Gasteiger partial charge in [-0.2, -0.15) is 5.26 Å². The number of hydrogen-bond donors (Lipinski definition) is 1. The molecule has 0 atom stereocenters. The summed E-state index contributed by atoms with van der Waals surface area (Å²) in [6, 6.07) is 13.7. The van der Waals surface area contributed by atoms with Gasteiger partial charge in [-0.1, -0.05) is 12.1 Å². The van der Waals surface area contributed by atoms with Crippen molar-refractivity contribution in [1.29, 1.82) is 5.26 Å². The maximum atomic E-state index is 8.79. The lowest BCUT2D eigenvalue weighted by atomic mass is 10.2. The molecule has 0 spiro atoms. The number of rotatable bonds is 7. The van der Waals surface area contributed by atoms with Gasteiger partial charge in [0.1, 0.15) is 24.2 Å². The van der Waals surface area contributed by atoms with Gasteiger partial charge in [-0.05, 0) is 29.8 Å². The first-order chi connectivity index (χ1) is 12.3. The van der Waals surface area contributed by atoms with Gasteiger partial charge in [0.15, 0.2) is 0 Å². The lowest BCUT2D eigenvalue weighted by Crippen LogP contribution is -2.38. The van der Waals surface area contributed by atoms with E-state index in [4.69, 9.17) is 14.7 Å². The Balaban J connectivity index is 1.46. The minimum atomic E-state index is 0.557. The van der Waals surface area contributed by atoms with Crippen LogP contribution in [0.25, 0.3) is 0 Å². The molecule has 0 radical (unpaired) electrons. The van der Waals surface area contributed by atoms with Gasteiger partial charge in [0.2, 0.25) is 0 Å². The van der Waals surface area contributed by atoms with Gasteiger partial charge in [0.25, 0.3) is 0 Å². The van der Waals surface area contributed by atoms with E-state index in [0.29, 0.717) is 18.7 Å². The number of aromatic nitrogens is 1. The average molecular weight is 338 g/mol. The molecular weight excluding hydrogens is 316 g/mol. The maximum Gasteiger partial charge on any atom is 0.126 e. The predicted molar refractivity (Wildman–Crippen MR) is 95.5 cm³/mol. The lowest BCUT2D eigenvalue weighted by Gasteiger charge is -2.26. The summed E-state index contributed by atoms with van der Waals surface area (Å²) in [7, 11) is 0. The number of nitrogens with one attached hydrogen (secondary N) is 1. The van der Waals surface area contributed by atoms with Gasteiger partial charge in [-0.25, -0.2) is 4.98 Å². The zero-order valence-corrected chi connectivity index (χ0v) is 14.1. The Morgan fingerprint density at radius 2 is 2.12 bits per heavy atom. The van der Waals surface area contributed by atoms with E-state index < -0.39 is 0 Å². The Labute approximate surface area is 148 Å². The van der Waals surface area contributed by atoms with Crippen molar-refractivity contribution in [2.45, 2.75) is 6.54 Å². The van der Waals surface area contributed by atoms with Crippen molar-refractivity contribution in [2.75, 3.05) is 44.8 Å². The Kier molecular flexibility index (Phi) is 6.21. The summed E-state index contributed by atoms with van der Waals surface area (Å²) < 4.78 is 11.2. The second kappa shape index (κ2) is 9.02. The number of nitriles is 1. The smallest absolute Gasteiger partial charge is 0.126 e. The summed E-state index contributed by atoms with van der Waals surface area (Å²) in [5, 5.41) is 12.0. The monoisotopic (exact) mass is 338 g/mol. The molecule has 1 aromatic heterocycles. The number of benzene rings is 1. The van der Waals surface area contributed by atoms with Crippen LogP contribution in [-0.4, -0.2) is 49.3 Å². The summed E-state index contributed by atoms with van der Waals surface area (Å²) >= 11 is 0. The summed E-state index contributed by atoms with van der Waals surface area (Å²) in [5.41, 5.74) is 1.68. The molecule has 0 aliphatic carbocycles. The second-order valence-corrected chi connectivity index (χ2v) is 5.85. The number of hydrogen-bond acceptors (Lipinski definition) is 6. The normalized spacial score (nSPS) is 14.7. The fourth-order valence-corrected chi connectivity index (χ4v) is 2.62. The van der Waals surface area contributed by atoms with Crippen molar-refractivity contribution in [3.05, 3.63) is 53.7 Å². The molecule has 1 N–H and O–H groups in total. The van der Waals surface area contributed by atoms with Crippen LogP contribution in [0.4, 0.5) is 5.82 Å². The standard InChI is InChI=1S/C19H22N4O2/c20-13-17-4-5-19(22-15-17)21-14-16-2-1-3-18(12-16)25-11-8-23-6-9-24-10-7-23/h1-5,12,15H,6-11,14H2,(H,21,22). The van der Waals surface area contributed by atoms with Crippen LogP contribution in [0.15, 0.2) is 42.6 Å². The molecule has 1 saturated heterocycles. The highest BCUT2D eigenvalue weighted by Gasteiger charge is 2.09. The molecule has 0 saturated carbocycles. The third kappa shape index (κ3) is 5.45. The zero-order valence-electron chi connectivity index (χ0n) is 14.1. The molecule has 1 aliphatic rings. The largest absolute Gasteiger partial charge is 0.492 e. The fraction of sp³-hybridized carbons (Fsp3) is 0.368. The van der Waals surface area contributed by atoms with Crippen LogP contribution in [0.2, 0.25) is 0 Å². The molecule has 6 heteroatoms. The van der Waals surface area contributed by atoms with Gasteiger partial charge in [-0.3, -0.25) is 4.90 Å². The van der Waals surface area contributed by atoms with E-state index in [0.717, 1.165) is 50.0 Å². The molecule has 1 aromatic carbocycles. The molecule has 0 unspecified atom stereocenters. The van der Waals surface area contributed by atoms with Crippen molar-refractivity contribution in [3.8, 4) is 11.8 Å². The molecule has 0 amide bonds. The molecule has 1 fully saturated rings. The van der Waals surface area contributed by atoms with Crippen LogP contribution in [0, 0.1) is 11.3 Å². The predicted octanol–water partition coefficient (Wildman–Crippen LogP) is 2.28. The van der Waals surface area contributed by atoms with Gasteiger partial charge < -0.3 is 14.8 Å². The highest BCUT2D eigenvalue weighted by atomic mass is 16.5. The third-order valence-corrected chi connectivity index (χ3v) is 4.04. The van der Waals surface area contributed by atoms with E-state index in [1.54, 1.807) is 18.3 Å². The minimum Gasteiger partial charge on any atom is -0.492 e. The molecule has 25 heavy (non-hydrogen) atoms. The Hall–Kier alpha value is -2.62. The van der Waals surface area contributed by atoms with Gasteiger partial charge >= 0.3 is 0 Å². The highest BCUT2D eigenvalue weighted by Crippen LogP contribution is 2.15. The summed E-state index contributed by atoms with van der Waals surface area (Å²) in [6.07, 6.45) is 1.56. The molecule has 0 bridgehead atoms. The summed E-state index contributed by atoms with van der Waals surface area (Å²) in [4.78, 5) is 6.56. The van der Waals surface area contributed by atoms with E-state index in [1.165, 1.54) is 0 Å². The zero-order chi connectivity index (χ0) is 17.3. The fourth-order valence-electron chi connectivity index (χ4n) is 2.62. The van der Waals surface area contributed by atoms with Gasteiger partial charge in [0.05, 0.1) is 18.8 Å². The van der Waals surface area contributed by atoms with Gasteiger partial charge in [0, 0.05) is 32.4 Å².